The van der Waals surface area contributed by atoms with Crippen LogP contribution in [0.4, 0.5) is 11.6 Å². The summed E-state index contributed by atoms with van der Waals surface area (Å²) in [6.07, 6.45) is 1.12. The molecule has 3 N–H and O–H groups in total. The summed E-state index contributed by atoms with van der Waals surface area (Å²) in [4.78, 5) is 0. The van der Waals surface area contributed by atoms with Gasteiger partial charge in [0.2, 0.25) is 0 Å². The van der Waals surface area contributed by atoms with E-state index in [1.807, 2.05) is 6.07 Å². The Kier molecular flexibility index (Phi) is 3.68. The Bertz CT molecular complexity index is 268. The molecule has 0 radical (unpaired) electrons. The predicted octanol–water partition coefficient (Wildman–Crippen LogP) is 1.91. The summed E-state index contributed by atoms with van der Waals surface area (Å²) < 4.78 is 0. The first-order chi connectivity index (χ1) is 6.58. The summed E-state index contributed by atoms with van der Waals surface area (Å²) in [5.41, 5.74) is 5.44. The highest BCUT2D eigenvalue weighted by Crippen LogP contribution is 2.10. The van der Waals surface area contributed by atoms with Crippen molar-refractivity contribution in [3.63, 3.8) is 0 Å². The third-order valence-electron chi connectivity index (χ3n) is 1.90. The van der Waals surface area contributed by atoms with Crippen LogP contribution in [0.1, 0.15) is 27.2 Å². The monoisotopic (exact) mass is 194 g/mol. The molecule has 0 spiro atoms. The molecule has 0 aliphatic rings. The van der Waals surface area contributed by atoms with Crippen LogP contribution in [-0.2, 0) is 0 Å². The summed E-state index contributed by atoms with van der Waals surface area (Å²) in [7, 11) is 0. The molecule has 0 aromatic carbocycles. The Morgan fingerprint density at radius 1 is 1.29 bits per heavy atom. The van der Waals surface area contributed by atoms with E-state index in [2.05, 4.69) is 36.3 Å². The van der Waals surface area contributed by atoms with E-state index in [4.69, 9.17) is 5.73 Å². The van der Waals surface area contributed by atoms with Crippen molar-refractivity contribution in [3.05, 3.63) is 12.1 Å². The molecule has 1 atom stereocenters. The minimum absolute atomic E-state index is 0.410. The molecule has 14 heavy (non-hydrogen) atoms. The van der Waals surface area contributed by atoms with Crippen molar-refractivity contribution in [2.75, 3.05) is 11.1 Å². The van der Waals surface area contributed by atoms with Crippen LogP contribution in [0.15, 0.2) is 12.1 Å². The van der Waals surface area contributed by atoms with Gasteiger partial charge in [-0.15, -0.1) is 10.2 Å². The highest BCUT2D eigenvalue weighted by atomic mass is 15.2. The minimum Gasteiger partial charge on any atom is -0.382 e. The normalized spacial score (nSPS) is 12.9. The van der Waals surface area contributed by atoms with Gasteiger partial charge < -0.3 is 11.1 Å². The number of anilines is 2. The van der Waals surface area contributed by atoms with Gasteiger partial charge in [0.25, 0.3) is 0 Å². The van der Waals surface area contributed by atoms with Crippen molar-refractivity contribution in [2.45, 2.75) is 33.2 Å². The fourth-order valence-electron chi connectivity index (χ4n) is 1.44. The molecular formula is C10H18N4. The number of hydrogen-bond donors (Lipinski definition) is 2. The van der Waals surface area contributed by atoms with Crippen LogP contribution in [-0.4, -0.2) is 16.2 Å². The lowest BCUT2D eigenvalue weighted by Gasteiger charge is -2.15. The highest BCUT2D eigenvalue weighted by Gasteiger charge is 2.05. The summed E-state index contributed by atoms with van der Waals surface area (Å²) in [6, 6.07) is 4.00. The lowest BCUT2D eigenvalue weighted by Crippen LogP contribution is -2.18. The van der Waals surface area contributed by atoms with Gasteiger partial charge in [-0.2, -0.15) is 0 Å². The largest absolute Gasteiger partial charge is 0.382 e. The van der Waals surface area contributed by atoms with Gasteiger partial charge in [0.1, 0.15) is 11.6 Å². The van der Waals surface area contributed by atoms with E-state index in [9.17, 15) is 0 Å². The van der Waals surface area contributed by atoms with Gasteiger partial charge in [-0.05, 0) is 31.4 Å². The van der Waals surface area contributed by atoms with E-state index in [0.29, 0.717) is 17.8 Å². The first-order valence-corrected chi connectivity index (χ1v) is 4.93. The van der Waals surface area contributed by atoms with Crippen LogP contribution in [0.3, 0.4) is 0 Å². The zero-order valence-corrected chi connectivity index (χ0v) is 8.99. The van der Waals surface area contributed by atoms with Crippen molar-refractivity contribution in [1.29, 1.82) is 0 Å². The van der Waals surface area contributed by atoms with Gasteiger partial charge in [-0.25, -0.2) is 0 Å². The van der Waals surface area contributed by atoms with Gasteiger partial charge in [0, 0.05) is 6.04 Å². The SMILES string of the molecule is CC(C)CC(C)Nc1ccc(N)nn1. The van der Waals surface area contributed by atoms with E-state index in [-0.39, 0.29) is 0 Å². The van der Waals surface area contributed by atoms with Crippen molar-refractivity contribution >= 4 is 11.6 Å². The van der Waals surface area contributed by atoms with Crippen molar-refractivity contribution < 1.29 is 0 Å². The number of aromatic nitrogens is 2. The smallest absolute Gasteiger partial charge is 0.149 e. The molecule has 0 fully saturated rings. The first kappa shape index (κ1) is 10.8. The molecule has 1 aromatic rings. The zero-order chi connectivity index (χ0) is 10.6. The van der Waals surface area contributed by atoms with Crippen LogP contribution in [0.5, 0.6) is 0 Å². The fraction of sp³-hybridized carbons (Fsp3) is 0.600. The third kappa shape index (κ3) is 3.60. The maximum Gasteiger partial charge on any atom is 0.149 e. The van der Waals surface area contributed by atoms with E-state index in [1.165, 1.54) is 0 Å². The molecule has 0 aliphatic carbocycles. The van der Waals surface area contributed by atoms with Crippen LogP contribution in [0, 0.1) is 5.92 Å². The molecule has 1 heterocycles. The Morgan fingerprint density at radius 3 is 2.50 bits per heavy atom. The van der Waals surface area contributed by atoms with Crippen LogP contribution < -0.4 is 11.1 Å². The molecular weight excluding hydrogens is 176 g/mol. The second-order valence-electron chi connectivity index (χ2n) is 4.02. The Labute approximate surface area is 84.9 Å². The number of nitrogens with two attached hydrogens (primary N) is 1. The maximum absolute atomic E-state index is 5.44. The third-order valence-corrected chi connectivity index (χ3v) is 1.90. The summed E-state index contributed by atoms with van der Waals surface area (Å²) >= 11 is 0. The van der Waals surface area contributed by atoms with Crippen molar-refractivity contribution in [2.24, 2.45) is 5.92 Å². The van der Waals surface area contributed by atoms with Crippen LogP contribution in [0.2, 0.25) is 0 Å². The lowest BCUT2D eigenvalue weighted by atomic mass is 10.1. The number of hydrogen-bond acceptors (Lipinski definition) is 4. The molecule has 0 aliphatic heterocycles. The second kappa shape index (κ2) is 4.79. The molecule has 1 rings (SSSR count). The van der Waals surface area contributed by atoms with E-state index < -0.39 is 0 Å². The average Bonchev–Trinajstić information content (AvgIpc) is 2.07. The second-order valence-corrected chi connectivity index (χ2v) is 4.02. The standard InChI is InChI=1S/C10H18N4/c1-7(2)6-8(3)12-10-5-4-9(11)13-14-10/h4-5,7-8H,6H2,1-3H3,(H2,11,13)(H,12,14). The molecule has 4 heteroatoms. The highest BCUT2D eigenvalue weighted by molar-refractivity contribution is 5.38. The first-order valence-electron chi connectivity index (χ1n) is 4.93. The van der Waals surface area contributed by atoms with E-state index in [0.717, 1.165) is 12.2 Å². The molecule has 4 nitrogen and oxygen atoms in total. The Balaban J connectivity index is 2.47. The van der Waals surface area contributed by atoms with Crippen LogP contribution in [0.25, 0.3) is 0 Å². The number of nitrogens with one attached hydrogen (secondary N) is 1. The molecule has 0 saturated heterocycles. The van der Waals surface area contributed by atoms with E-state index >= 15 is 0 Å². The number of rotatable bonds is 4. The van der Waals surface area contributed by atoms with Gasteiger partial charge >= 0.3 is 0 Å². The van der Waals surface area contributed by atoms with Gasteiger partial charge in [0.05, 0.1) is 0 Å². The van der Waals surface area contributed by atoms with E-state index in [1.54, 1.807) is 6.07 Å². The topological polar surface area (TPSA) is 63.8 Å². The number of nitrogen functional groups attached to an aromatic ring is 1. The summed E-state index contributed by atoms with van der Waals surface area (Å²) in [6.45, 7) is 6.54. The Morgan fingerprint density at radius 2 is 2.00 bits per heavy atom. The lowest BCUT2D eigenvalue weighted by molar-refractivity contribution is 0.538. The van der Waals surface area contributed by atoms with Gasteiger partial charge in [-0.3, -0.25) is 0 Å². The maximum atomic E-state index is 5.44. The van der Waals surface area contributed by atoms with Crippen molar-refractivity contribution in [1.82, 2.24) is 10.2 Å². The quantitative estimate of drug-likeness (QED) is 0.768. The molecule has 0 bridgehead atoms. The van der Waals surface area contributed by atoms with Crippen molar-refractivity contribution in [3.8, 4) is 0 Å². The zero-order valence-electron chi connectivity index (χ0n) is 8.99. The molecule has 1 unspecified atom stereocenters. The number of nitrogens with zero attached hydrogens (tertiary/aromatic N) is 2. The average molecular weight is 194 g/mol. The summed E-state index contributed by atoms with van der Waals surface area (Å²) in [5.74, 6) is 1.92. The van der Waals surface area contributed by atoms with Gasteiger partial charge in [0.15, 0.2) is 0 Å². The fourth-order valence-corrected chi connectivity index (χ4v) is 1.44. The predicted molar refractivity (Wildman–Crippen MR) is 59.0 cm³/mol. The minimum atomic E-state index is 0.410. The van der Waals surface area contributed by atoms with Gasteiger partial charge in [-0.1, -0.05) is 13.8 Å². The van der Waals surface area contributed by atoms with Crippen LogP contribution >= 0.6 is 0 Å². The molecule has 1 aromatic heterocycles. The summed E-state index contributed by atoms with van der Waals surface area (Å²) in [5, 5.41) is 11.0. The molecule has 78 valence electrons. The Hall–Kier alpha value is -1.32. The molecule has 0 amide bonds. The molecule has 0 saturated carbocycles.